The van der Waals surface area contributed by atoms with Gasteiger partial charge in [-0.1, -0.05) is 0 Å². The lowest BCUT2D eigenvalue weighted by Gasteiger charge is -2.24. The second-order valence-electron chi connectivity index (χ2n) is 7.09. The van der Waals surface area contributed by atoms with Gasteiger partial charge in [-0.05, 0) is 20.8 Å². The fourth-order valence-electron chi connectivity index (χ4n) is 2.38. The molecule has 5 atom stereocenters. The maximum Gasteiger partial charge on any atom is 0.245 e. The molecule has 0 aromatic rings. The molecule has 15 nitrogen and oxygen atoms in total. The van der Waals surface area contributed by atoms with E-state index in [-0.39, 0.29) is 0 Å². The zero-order valence-corrected chi connectivity index (χ0v) is 18.8. The van der Waals surface area contributed by atoms with Gasteiger partial charge in [0, 0.05) is 7.05 Å². The van der Waals surface area contributed by atoms with Gasteiger partial charge in [0.15, 0.2) is 0 Å². The predicted molar refractivity (Wildman–Crippen MR) is 113 cm³/mol. The van der Waals surface area contributed by atoms with Crippen molar-refractivity contribution in [1.82, 2.24) is 31.9 Å². The number of carbonyl (C=O) groups is 7. The molecule has 186 valence electrons. The first-order valence-electron chi connectivity index (χ1n) is 9.89. The number of nitrogens with one attached hydrogen (secondary N) is 6. The first kappa shape index (κ1) is 29.2. The summed E-state index contributed by atoms with van der Waals surface area (Å²) in [6, 6.07) is -4.84. The SMILES string of the molecule is CNC(=O)[C@H](CC(N)=O)NC(=O)[C@H](C)NC(=O)C(NC(=O)CNC(=O)[C@@H](C)NC=O)C(C)O. The van der Waals surface area contributed by atoms with Crippen molar-refractivity contribution < 1.29 is 38.7 Å². The molecule has 0 aliphatic carbocycles. The Hall–Kier alpha value is -3.75. The lowest BCUT2D eigenvalue weighted by atomic mass is 10.1. The maximum absolute atomic E-state index is 12.5. The van der Waals surface area contributed by atoms with Crippen LogP contribution in [0.2, 0.25) is 0 Å². The van der Waals surface area contributed by atoms with Gasteiger partial charge in [0.2, 0.25) is 41.9 Å². The van der Waals surface area contributed by atoms with Crippen LogP contribution in [0.15, 0.2) is 0 Å². The fourth-order valence-corrected chi connectivity index (χ4v) is 2.38. The van der Waals surface area contributed by atoms with Gasteiger partial charge < -0.3 is 42.7 Å². The lowest BCUT2D eigenvalue weighted by Crippen LogP contribution is -2.59. The molecule has 0 rings (SSSR count). The molecule has 0 saturated heterocycles. The average molecular weight is 473 g/mol. The summed E-state index contributed by atoms with van der Waals surface area (Å²) in [6.45, 7) is 3.34. The van der Waals surface area contributed by atoms with Crippen molar-refractivity contribution in [3.63, 3.8) is 0 Å². The molecule has 0 aliphatic heterocycles. The van der Waals surface area contributed by atoms with E-state index in [1.807, 2.05) is 0 Å². The zero-order valence-electron chi connectivity index (χ0n) is 18.8. The van der Waals surface area contributed by atoms with Gasteiger partial charge in [0.05, 0.1) is 19.1 Å². The first-order chi connectivity index (χ1) is 15.3. The summed E-state index contributed by atoms with van der Waals surface area (Å²) in [7, 11) is 1.30. The lowest BCUT2D eigenvalue weighted by molar-refractivity contribution is -0.135. The Morgan fingerprint density at radius 2 is 1.48 bits per heavy atom. The molecule has 9 N–H and O–H groups in total. The van der Waals surface area contributed by atoms with E-state index in [0.717, 1.165) is 0 Å². The Labute approximate surface area is 190 Å². The third-order valence-corrected chi connectivity index (χ3v) is 4.25. The van der Waals surface area contributed by atoms with Crippen LogP contribution in [0, 0.1) is 0 Å². The number of hydrogen-bond donors (Lipinski definition) is 8. The molecule has 0 bridgehead atoms. The number of nitrogens with two attached hydrogens (primary N) is 1. The molecule has 15 heteroatoms. The molecule has 0 aliphatic rings. The predicted octanol–water partition coefficient (Wildman–Crippen LogP) is -5.29. The van der Waals surface area contributed by atoms with Crippen LogP contribution in [-0.4, -0.2) is 90.8 Å². The average Bonchev–Trinajstić information content (AvgIpc) is 2.73. The summed E-state index contributed by atoms with van der Waals surface area (Å²) in [4.78, 5) is 81.7. The van der Waals surface area contributed by atoms with E-state index >= 15 is 0 Å². The first-order valence-corrected chi connectivity index (χ1v) is 9.89. The highest BCUT2D eigenvalue weighted by Crippen LogP contribution is 1.98. The van der Waals surface area contributed by atoms with Crippen molar-refractivity contribution in [3.05, 3.63) is 0 Å². The van der Waals surface area contributed by atoms with E-state index < -0.39 is 78.7 Å². The maximum atomic E-state index is 12.5. The molecule has 0 radical (unpaired) electrons. The Morgan fingerprint density at radius 3 is 1.97 bits per heavy atom. The summed E-state index contributed by atoms with van der Waals surface area (Å²) in [5.41, 5.74) is 5.06. The quantitative estimate of drug-likeness (QED) is 0.113. The highest BCUT2D eigenvalue weighted by molar-refractivity contribution is 5.96. The Balaban J connectivity index is 4.96. The minimum atomic E-state index is -1.48. The van der Waals surface area contributed by atoms with Crippen LogP contribution in [0.1, 0.15) is 27.2 Å². The third kappa shape index (κ3) is 10.9. The van der Waals surface area contributed by atoms with Gasteiger partial charge >= 0.3 is 0 Å². The van der Waals surface area contributed by atoms with Crippen molar-refractivity contribution in [1.29, 1.82) is 0 Å². The summed E-state index contributed by atoms with van der Waals surface area (Å²) in [5.74, 6) is -4.72. The van der Waals surface area contributed by atoms with E-state index in [1.54, 1.807) is 0 Å². The van der Waals surface area contributed by atoms with E-state index in [0.29, 0.717) is 6.41 Å². The van der Waals surface area contributed by atoms with Crippen LogP contribution in [0.4, 0.5) is 0 Å². The number of amides is 7. The number of likely N-dealkylation sites (N-methyl/N-ethyl adjacent to an activating group) is 1. The monoisotopic (exact) mass is 473 g/mol. The summed E-state index contributed by atoms with van der Waals surface area (Å²) in [5, 5.41) is 23.3. The van der Waals surface area contributed by atoms with Crippen LogP contribution in [0.3, 0.4) is 0 Å². The minimum absolute atomic E-state index is 0.320. The van der Waals surface area contributed by atoms with Crippen molar-refractivity contribution in [2.24, 2.45) is 5.73 Å². The van der Waals surface area contributed by atoms with Gasteiger partial charge in [-0.15, -0.1) is 0 Å². The van der Waals surface area contributed by atoms with Crippen LogP contribution < -0.4 is 37.6 Å². The number of hydrogen-bond acceptors (Lipinski definition) is 8. The summed E-state index contributed by atoms with van der Waals surface area (Å²) < 4.78 is 0. The standard InChI is InChI=1S/C18H31N7O8/c1-8(22-7-26)15(30)21-6-13(29)25-14(10(3)27)18(33)23-9(2)16(31)24-11(5-12(19)28)17(32)20-4/h7-11,14,27H,5-6H2,1-4H3,(H2,19,28)(H,20,32)(H,21,30)(H,22,26)(H,23,33)(H,24,31)(H,25,29)/t8-,9+,10?,11+,14?/m1/s1. The highest BCUT2D eigenvalue weighted by atomic mass is 16.3. The number of carbonyl (C=O) groups excluding carboxylic acids is 7. The van der Waals surface area contributed by atoms with Gasteiger partial charge in [-0.25, -0.2) is 0 Å². The molecule has 0 fully saturated rings. The second kappa shape index (κ2) is 14.3. The van der Waals surface area contributed by atoms with Crippen molar-refractivity contribution in [2.45, 2.75) is 57.5 Å². The van der Waals surface area contributed by atoms with Crippen molar-refractivity contribution >= 4 is 41.9 Å². The van der Waals surface area contributed by atoms with Gasteiger partial charge in [-0.3, -0.25) is 33.6 Å². The topological polar surface area (TPSA) is 238 Å². The van der Waals surface area contributed by atoms with Crippen LogP contribution in [0.5, 0.6) is 0 Å². The number of rotatable bonds is 14. The van der Waals surface area contributed by atoms with E-state index in [1.165, 1.54) is 27.8 Å². The van der Waals surface area contributed by atoms with Crippen molar-refractivity contribution in [3.8, 4) is 0 Å². The molecule has 0 saturated carbocycles. The molecule has 33 heavy (non-hydrogen) atoms. The van der Waals surface area contributed by atoms with E-state index in [2.05, 4.69) is 31.9 Å². The van der Waals surface area contributed by atoms with Crippen LogP contribution in [-0.2, 0) is 33.6 Å². The molecule has 0 heterocycles. The highest BCUT2D eigenvalue weighted by Gasteiger charge is 2.30. The molecular weight excluding hydrogens is 442 g/mol. The van der Waals surface area contributed by atoms with Crippen molar-refractivity contribution in [2.75, 3.05) is 13.6 Å². The molecule has 0 aromatic heterocycles. The molecule has 7 amide bonds. The third-order valence-electron chi connectivity index (χ3n) is 4.25. The molecular formula is C18H31N7O8. The number of primary amides is 1. The smallest absolute Gasteiger partial charge is 0.245 e. The number of aliphatic hydroxyl groups excluding tert-OH is 1. The number of aliphatic hydroxyl groups is 1. The Morgan fingerprint density at radius 1 is 0.879 bits per heavy atom. The largest absolute Gasteiger partial charge is 0.391 e. The summed E-state index contributed by atoms with van der Waals surface area (Å²) >= 11 is 0. The van der Waals surface area contributed by atoms with Gasteiger partial charge in [-0.2, -0.15) is 0 Å². The fraction of sp³-hybridized carbons (Fsp3) is 0.611. The van der Waals surface area contributed by atoms with Crippen LogP contribution >= 0.6 is 0 Å². The minimum Gasteiger partial charge on any atom is -0.391 e. The van der Waals surface area contributed by atoms with E-state index in [4.69, 9.17) is 5.73 Å². The second-order valence-corrected chi connectivity index (χ2v) is 7.09. The molecule has 0 spiro atoms. The normalized spacial score (nSPS) is 14.8. The molecule has 2 unspecified atom stereocenters. The molecule has 0 aromatic carbocycles. The van der Waals surface area contributed by atoms with Crippen LogP contribution in [0.25, 0.3) is 0 Å². The Kier molecular flexibility index (Phi) is 12.7. The van der Waals surface area contributed by atoms with Gasteiger partial charge in [0.25, 0.3) is 0 Å². The van der Waals surface area contributed by atoms with Gasteiger partial charge in [0.1, 0.15) is 24.2 Å². The Bertz CT molecular complexity index is 758. The summed E-state index contributed by atoms with van der Waals surface area (Å²) in [6.07, 6.45) is -1.52. The van der Waals surface area contributed by atoms with E-state index in [9.17, 15) is 38.7 Å². The zero-order chi connectivity index (χ0) is 25.7.